The van der Waals surface area contributed by atoms with Crippen LogP contribution in [0.3, 0.4) is 0 Å². The maximum absolute atomic E-state index is 11.0. The molecule has 1 heterocycles. The number of aromatic amines is 1. The molecule has 0 fully saturated rings. The molecule has 3 N–H and O–H groups in total. The summed E-state index contributed by atoms with van der Waals surface area (Å²) in [4.78, 5) is 13.8. The van der Waals surface area contributed by atoms with Crippen LogP contribution in [0.2, 0.25) is 0 Å². The summed E-state index contributed by atoms with van der Waals surface area (Å²) < 4.78 is 0. The van der Waals surface area contributed by atoms with Crippen LogP contribution in [0.1, 0.15) is 12.5 Å². The highest BCUT2D eigenvalue weighted by molar-refractivity contribution is 6.03. The van der Waals surface area contributed by atoms with Crippen molar-refractivity contribution in [2.75, 3.05) is 5.32 Å². The minimum absolute atomic E-state index is 0.00852. The van der Waals surface area contributed by atoms with Gasteiger partial charge in [-0.2, -0.15) is 0 Å². The van der Waals surface area contributed by atoms with Gasteiger partial charge in [0, 0.05) is 12.3 Å². The number of fused-ring (bicyclic) bond motifs is 1. The van der Waals surface area contributed by atoms with E-state index in [1.807, 2.05) is 25.1 Å². The molecule has 0 atom stereocenters. The summed E-state index contributed by atoms with van der Waals surface area (Å²) in [7, 11) is 0. The lowest BCUT2D eigenvalue weighted by Crippen LogP contribution is -2.05. The Bertz CT molecular complexity index is 529. The summed E-state index contributed by atoms with van der Waals surface area (Å²) in [5.74, 6) is -0.210. The molecule has 0 spiro atoms. The standard InChI is InChI=1S/C11H12N2O2/c1-6-3-4-9-8(5-6)10(11(15)13-9)12-7(2)14/h3-5,13,15H,1-2H3,(H,12,14). The summed E-state index contributed by atoms with van der Waals surface area (Å²) in [6, 6.07) is 5.72. The van der Waals surface area contributed by atoms with Gasteiger partial charge in [-0.25, -0.2) is 0 Å². The molecule has 1 aromatic carbocycles. The first kappa shape index (κ1) is 9.58. The molecule has 0 aliphatic heterocycles. The summed E-state index contributed by atoms with van der Waals surface area (Å²) in [6.45, 7) is 3.37. The number of aryl methyl sites for hydroxylation is 1. The molecule has 0 bridgehead atoms. The Balaban J connectivity index is 2.65. The first-order valence-electron chi connectivity index (χ1n) is 4.67. The van der Waals surface area contributed by atoms with Crippen molar-refractivity contribution >= 4 is 22.5 Å². The van der Waals surface area contributed by atoms with Gasteiger partial charge < -0.3 is 15.4 Å². The number of aromatic hydroxyl groups is 1. The second-order valence-corrected chi connectivity index (χ2v) is 3.58. The highest BCUT2D eigenvalue weighted by Gasteiger charge is 2.11. The van der Waals surface area contributed by atoms with E-state index in [1.54, 1.807) is 0 Å². The number of hydrogen-bond acceptors (Lipinski definition) is 2. The lowest BCUT2D eigenvalue weighted by molar-refractivity contribution is -0.114. The first-order valence-corrected chi connectivity index (χ1v) is 4.67. The Kier molecular flexibility index (Phi) is 2.11. The van der Waals surface area contributed by atoms with Crippen molar-refractivity contribution in [3.63, 3.8) is 0 Å². The van der Waals surface area contributed by atoms with Gasteiger partial charge in [-0.15, -0.1) is 0 Å². The average molecular weight is 204 g/mol. The number of amides is 1. The Hall–Kier alpha value is -1.97. The summed E-state index contributed by atoms with van der Waals surface area (Å²) >= 11 is 0. The van der Waals surface area contributed by atoms with Gasteiger partial charge >= 0.3 is 0 Å². The van der Waals surface area contributed by atoms with Crippen LogP contribution in [0, 0.1) is 6.92 Å². The van der Waals surface area contributed by atoms with E-state index in [0.29, 0.717) is 5.69 Å². The summed E-state index contributed by atoms with van der Waals surface area (Å²) in [5, 5.41) is 13.0. The number of carbonyl (C=O) groups is 1. The third-order valence-electron chi connectivity index (χ3n) is 2.24. The van der Waals surface area contributed by atoms with Crippen molar-refractivity contribution in [2.45, 2.75) is 13.8 Å². The third kappa shape index (κ3) is 1.66. The first-order chi connectivity index (χ1) is 7.08. The maximum Gasteiger partial charge on any atom is 0.221 e. The molecule has 4 heteroatoms. The normalized spacial score (nSPS) is 10.5. The minimum atomic E-state index is -0.201. The van der Waals surface area contributed by atoms with E-state index < -0.39 is 0 Å². The van der Waals surface area contributed by atoms with Crippen LogP contribution in [0.25, 0.3) is 10.9 Å². The lowest BCUT2D eigenvalue weighted by atomic mass is 10.1. The van der Waals surface area contributed by atoms with E-state index in [-0.39, 0.29) is 11.8 Å². The minimum Gasteiger partial charge on any atom is -0.493 e. The van der Waals surface area contributed by atoms with Gasteiger partial charge in [-0.05, 0) is 19.1 Å². The molecular formula is C11H12N2O2. The van der Waals surface area contributed by atoms with E-state index in [9.17, 15) is 9.90 Å². The molecule has 0 unspecified atom stereocenters. The second-order valence-electron chi connectivity index (χ2n) is 3.58. The molecule has 1 amide bonds. The van der Waals surface area contributed by atoms with Gasteiger partial charge in [0.25, 0.3) is 0 Å². The Morgan fingerprint density at radius 1 is 1.47 bits per heavy atom. The van der Waals surface area contributed by atoms with Crippen molar-refractivity contribution < 1.29 is 9.90 Å². The number of rotatable bonds is 1. The van der Waals surface area contributed by atoms with E-state index in [1.165, 1.54) is 6.92 Å². The summed E-state index contributed by atoms with van der Waals surface area (Å²) in [6.07, 6.45) is 0. The predicted octanol–water partition coefficient (Wildman–Crippen LogP) is 2.14. The number of carbonyl (C=O) groups excluding carboxylic acids is 1. The number of hydrogen-bond donors (Lipinski definition) is 3. The second kappa shape index (κ2) is 3.31. The van der Waals surface area contributed by atoms with E-state index >= 15 is 0 Å². The van der Waals surface area contributed by atoms with Crippen molar-refractivity contribution in [3.8, 4) is 5.88 Å². The monoisotopic (exact) mass is 204 g/mol. The van der Waals surface area contributed by atoms with Crippen molar-refractivity contribution in [2.24, 2.45) is 0 Å². The topological polar surface area (TPSA) is 65.1 Å². The van der Waals surface area contributed by atoms with E-state index in [4.69, 9.17) is 0 Å². The van der Waals surface area contributed by atoms with Gasteiger partial charge in [0.05, 0.1) is 5.52 Å². The van der Waals surface area contributed by atoms with E-state index in [2.05, 4.69) is 10.3 Å². The number of H-pyrrole nitrogens is 1. The molecule has 0 radical (unpaired) electrons. The van der Waals surface area contributed by atoms with Crippen LogP contribution in [0.5, 0.6) is 5.88 Å². The Morgan fingerprint density at radius 3 is 2.87 bits per heavy atom. The van der Waals surface area contributed by atoms with Crippen molar-refractivity contribution in [1.82, 2.24) is 4.98 Å². The van der Waals surface area contributed by atoms with Gasteiger partial charge in [-0.3, -0.25) is 4.79 Å². The zero-order valence-electron chi connectivity index (χ0n) is 8.59. The van der Waals surface area contributed by atoms with Gasteiger partial charge in [0.2, 0.25) is 11.8 Å². The van der Waals surface area contributed by atoms with Crippen LogP contribution >= 0.6 is 0 Å². The molecular weight excluding hydrogens is 192 g/mol. The molecule has 2 aromatic rings. The quantitative estimate of drug-likeness (QED) is 0.666. The smallest absolute Gasteiger partial charge is 0.221 e. The van der Waals surface area contributed by atoms with Crippen LogP contribution in [0.15, 0.2) is 18.2 Å². The van der Waals surface area contributed by atoms with Crippen LogP contribution in [-0.4, -0.2) is 16.0 Å². The van der Waals surface area contributed by atoms with Crippen LogP contribution in [0.4, 0.5) is 5.69 Å². The largest absolute Gasteiger partial charge is 0.493 e. The van der Waals surface area contributed by atoms with Gasteiger partial charge in [-0.1, -0.05) is 11.6 Å². The maximum atomic E-state index is 11.0. The van der Waals surface area contributed by atoms with Crippen LogP contribution in [-0.2, 0) is 4.79 Å². The molecule has 15 heavy (non-hydrogen) atoms. The third-order valence-corrected chi connectivity index (χ3v) is 2.24. The van der Waals surface area contributed by atoms with Gasteiger partial charge in [0.15, 0.2) is 0 Å². The molecule has 2 rings (SSSR count). The summed E-state index contributed by atoms with van der Waals surface area (Å²) in [5.41, 5.74) is 2.33. The van der Waals surface area contributed by atoms with Crippen molar-refractivity contribution in [1.29, 1.82) is 0 Å². The molecule has 0 saturated heterocycles. The highest BCUT2D eigenvalue weighted by Crippen LogP contribution is 2.32. The number of anilines is 1. The molecule has 0 aliphatic rings. The number of aromatic nitrogens is 1. The van der Waals surface area contributed by atoms with Gasteiger partial charge in [0.1, 0.15) is 5.69 Å². The van der Waals surface area contributed by atoms with Crippen molar-refractivity contribution in [3.05, 3.63) is 23.8 Å². The lowest BCUT2D eigenvalue weighted by Gasteiger charge is -2.00. The fourth-order valence-corrected chi connectivity index (χ4v) is 1.59. The molecule has 1 aromatic heterocycles. The van der Waals surface area contributed by atoms with Crippen LogP contribution < -0.4 is 5.32 Å². The molecule has 78 valence electrons. The zero-order chi connectivity index (χ0) is 11.0. The zero-order valence-corrected chi connectivity index (χ0v) is 8.59. The fourth-order valence-electron chi connectivity index (χ4n) is 1.59. The Morgan fingerprint density at radius 2 is 2.20 bits per heavy atom. The fraction of sp³-hybridized carbons (Fsp3) is 0.182. The number of benzene rings is 1. The highest BCUT2D eigenvalue weighted by atomic mass is 16.3. The SMILES string of the molecule is CC(=O)Nc1c(O)[nH]c2ccc(C)cc12. The molecule has 4 nitrogen and oxygen atoms in total. The Labute approximate surface area is 86.9 Å². The predicted molar refractivity (Wildman–Crippen MR) is 59.0 cm³/mol. The average Bonchev–Trinajstić information content (AvgIpc) is 2.43. The molecule has 0 saturated carbocycles. The van der Waals surface area contributed by atoms with E-state index in [0.717, 1.165) is 16.5 Å². The molecule has 0 aliphatic carbocycles. The number of nitrogens with one attached hydrogen (secondary N) is 2.